The van der Waals surface area contributed by atoms with Crippen LogP contribution < -0.4 is 5.32 Å². The highest BCUT2D eigenvalue weighted by molar-refractivity contribution is 7.12. The zero-order chi connectivity index (χ0) is 15.4. The first-order valence-electron chi connectivity index (χ1n) is 5.89. The zero-order valence-corrected chi connectivity index (χ0v) is 11.8. The maximum atomic E-state index is 13.8. The predicted octanol–water partition coefficient (Wildman–Crippen LogP) is 2.94. The van der Waals surface area contributed by atoms with Crippen LogP contribution in [0.1, 0.15) is 20.9 Å². The highest BCUT2D eigenvalue weighted by Crippen LogP contribution is 2.19. The van der Waals surface area contributed by atoms with E-state index in [0.717, 1.165) is 18.2 Å². The molecule has 0 fully saturated rings. The van der Waals surface area contributed by atoms with Gasteiger partial charge in [-0.25, -0.2) is 14.2 Å². The van der Waals surface area contributed by atoms with Crippen LogP contribution in [0.3, 0.4) is 0 Å². The minimum Gasteiger partial charge on any atom is -0.478 e. The van der Waals surface area contributed by atoms with Crippen molar-refractivity contribution in [1.29, 1.82) is 0 Å². The first-order valence-corrected chi connectivity index (χ1v) is 6.77. The second kappa shape index (κ2) is 6.27. The van der Waals surface area contributed by atoms with E-state index < -0.39 is 11.8 Å². The lowest BCUT2D eigenvalue weighted by Gasteiger charge is -2.05. The van der Waals surface area contributed by atoms with Gasteiger partial charge in [0.25, 0.3) is 5.91 Å². The topological polar surface area (TPSA) is 79.3 Å². The van der Waals surface area contributed by atoms with Gasteiger partial charge in [0, 0.05) is 17.3 Å². The average Bonchev–Trinajstić information content (AvgIpc) is 2.84. The first kappa shape index (κ1) is 14.9. The number of thiazole rings is 1. The summed E-state index contributed by atoms with van der Waals surface area (Å²) >= 11 is 1.20. The van der Waals surface area contributed by atoms with E-state index in [1.54, 1.807) is 12.4 Å². The van der Waals surface area contributed by atoms with Crippen LogP contribution >= 0.6 is 11.3 Å². The van der Waals surface area contributed by atoms with E-state index in [1.807, 2.05) is 0 Å². The third-order valence-electron chi connectivity index (χ3n) is 2.62. The van der Waals surface area contributed by atoms with Gasteiger partial charge in [0.2, 0.25) is 0 Å². The van der Waals surface area contributed by atoms with Crippen molar-refractivity contribution in [3.63, 3.8) is 0 Å². The summed E-state index contributed by atoms with van der Waals surface area (Å²) in [6.45, 7) is 1.71. The maximum absolute atomic E-state index is 13.8. The number of aromatic nitrogens is 1. The number of aliphatic carboxylic acids is 1. The largest absolute Gasteiger partial charge is 0.478 e. The number of nitrogens with zero attached hydrogens (tertiary/aromatic N) is 1. The van der Waals surface area contributed by atoms with Gasteiger partial charge in [-0.2, -0.15) is 0 Å². The fourth-order valence-electron chi connectivity index (χ4n) is 1.61. The van der Waals surface area contributed by atoms with Crippen LogP contribution in [-0.4, -0.2) is 22.0 Å². The van der Waals surface area contributed by atoms with E-state index in [-0.39, 0.29) is 17.2 Å². The number of hydrogen-bond acceptors (Lipinski definition) is 4. The minimum absolute atomic E-state index is 0.129. The van der Waals surface area contributed by atoms with Crippen LogP contribution in [0.25, 0.3) is 6.08 Å². The molecule has 0 bridgehead atoms. The second-order valence-electron chi connectivity index (χ2n) is 4.13. The fourth-order valence-corrected chi connectivity index (χ4v) is 2.31. The molecule has 1 aromatic carbocycles. The number of amides is 1. The van der Waals surface area contributed by atoms with Crippen LogP contribution in [0, 0.1) is 12.7 Å². The Kier molecular flexibility index (Phi) is 4.44. The molecule has 5 nitrogen and oxygen atoms in total. The summed E-state index contributed by atoms with van der Waals surface area (Å²) in [5.74, 6) is -2.14. The summed E-state index contributed by atoms with van der Waals surface area (Å²) in [6.07, 6.45) is 1.99. The number of nitrogens with one attached hydrogen (secondary N) is 1. The van der Waals surface area contributed by atoms with Crippen molar-refractivity contribution in [3.8, 4) is 0 Å². The highest BCUT2D eigenvalue weighted by atomic mass is 32.1. The van der Waals surface area contributed by atoms with Gasteiger partial charge in [-0.1, -0.05) is 0 Å². The Morgan fingerprint density at radius 3 is 2.76 bits per heavy atom. The minimum atomic E-state index is -1.16. The molecule has 0 spiro atoms. The number of rotatable bonds is 4. The van der Waals surface area contributed by atoms with E-state index in [4.69, 9.17) is 5.11 Å². The molecule has 0 aliphatic heterocycles. The molecular weight excluding hydrogens is 295 g/mol. The predicted molar refractivity (Wildman–Crippen MR) is 77.9 cm³/mol. The molecule has 0 radical (unpaired) electrons. The monoisotopic (exact) mass is 306 g/mol. The van der Waals surface area contributed by atoms with Gasteiger partial charge in [-0.05, 0) is 31.2 Å². The molecule has 7 heteroatoms. The quantitative estimate of drug-likeness (QED) is 0.851. The summed E-state index contributed by atoms with van der Waals surface area (Å²) in [4.78, 5) is 26.8. The van der Waals surface area contributed by atoms with Gasteiger partial charge in [0.15, 0.2) is 0 Å². The number of halogens is 1. The summed E-state index contributed by atoms with van der Waals surface area (Å²) < 4.78 is 13.8. The number of carbonyl (C=O) groups is 2. The number of carboxylic acid groups (broad SMARTS) is 1. The lowest BCUT2D eigenvalue weighted by atomic mass is 10.1. The Labute approximate surface area is 123 Å². The number of hydrogen-bond donors (Lipinski definition) is 2. The SMILES string of the molecule is Cc1ncsc1C(=O)Nc1ccc(C=CC(=O)O)c(F)c1. The summed E-state index contributed by atoms with van der Waals surface area (Å²) in [5.41, 5.74) is 2.59. The molecule has 2 aromatic rings. The van der Waals surface area contributed by atoms with E-state index in [9.17, 15) is 14.0 Å². The van der Waals surface area contributed by atoms with Crippen molar-refractivity contribution in [2.45, 2.75) is 6.92 Å². The van der Waals surface area contributed by atoms with Crippen molar-refractivity contribution in [3.05, 3.63) is 51.7 Å². The van der Waals surface area contributed by atoms with Crippen molar-refractivity contribution in [1.82, 2.24) is 4.98 Å². The molecule has 0 atom stereocenters. The third kappa shape index (κ3) is 3.73. The molecule has 21 heavy (non-hydrogen) atoms. The molecule has 0 saturated heterocycles. The van der Waals surface area contributed by atoms with Crippen LogP contribution in [0.2, 0.25) is 0 Å². The van der Waals surface area contributed by atoms with Crippen molar-refractivity contribution in [2.24, 2.45) is 0 Å². The molecule has 1 heterocycles. The molecule has 1 aromatic heterocycles. The normalized spacial score (nSPS) is 10.8. The van der Waals surface area contributed by atoms with E-state index in [0.29, 0.717) is 10.6 Å². The Balaban J connectivity index is 2.15. The summed E-state index contributed by atoms with van der Waals surface area (Å²) in [7, 11) is 0. The second-order valence-corrected chi connectivity index (χ2v) is 4.98. The Morgan fingerprint density at radius 1 is 1.43 bits per heavy atom. The van der Waals surface area contributed by atoms with E-state index in [1.165, 1.54) is 23.5 Å². The smallest absolute Gasteiger partial charge is 0.328 e. The van der Waals surface area contributed by atoms with Crippen LogP contribution in [-0.2, 0) is 4.79 Å². The Morgan fingerprint density at radius 2 is 2.19 bits per heavy atom. The number of benzene rings is 1. The molecule has 108 valence electrons. The van der Waals surface area contributed by atoms with Crippen molar-refractivity contribution in [2.75, 3.05) is 5.32 Å². The Hall–Kier alpha value is -2.54. The number of anilines is 1. The highest BCUT2D eigenvalue weighted by Gasteiger charge is 2.12. The van der Waals surface area contributed by atoms with Crippen LogP contribution in [0.15, 0.2) is 29.8 Å². The average molecular weight is 306 g/mol. The fraction of sp³-hybridized carbons (Fsp3) is 0.0714. The van der Waals surface area contributed by atoms with Gasteiger partial charge in [-0.15, -0.1) is 11.3 Å². The summed E-state index contributed by atoms with van der Waals surface area (Å²) in [6, 6.07) is 4.03. The number of carbonyl (C=O) groups excluding carboxylic acids is 1. The molecule has 2 rings (SSSR count). The van der Waals surface area contributed by atoms with Gasteiger partial charge in [-0.3, -0.25) is 4.79 Å². The van der Waals surface area contributed by atoms with Crippen LogP contribution in [0.4, 0.5) is 10.1 Å². The summed E-state index contributed by atoms with van der Waals surface area (Å²) in [5, 5.41) is 11.1. The first-order chi connectivity index (χ1) is 9.97. The van der Waals surface area contributed by atoms with Crippen molar-refractivity contribution >= 4 is 35.0 Å². The third-order valence-corrected chi connectivity index (χ3v) is 3.54. The molecule has 2 N–H and O–H groups in total. The maximum Gasteiger partial charge on any atom is 0.328 e. The molecule has 1 amide bonds. The van der Waals surface area contributed by atoms with E-state index in [2.05, 4.69) is 10.3 Å². The molecule has 0 saturated carbocycles. The standard InChI is InChI=1S/C14H11FN2O3S/c1-8-13(21-7-16-8)14(20)17-10-4-2-9(11(15)6-10)3-5-12(18)19/h2-7H,1H3,(H,17,20)(H,18,19). The molecule has 0 aliphatic rings. The lowest BCUT2D eigenvalue weighted by Crippen LogP contribution is -2.11. The van der Waals surface area contributed by atoms with Crippen molar-refractivity contribution < 1.29 is 19.1 Å². The van der Waals surface area contributed by atoms with Gasteiger partial charge >= 0.3 is 5.97 Å². The zero-order valence-electron chi connectivity index (χ0n) is 11.0. The van der Waals surface area contributed by atoms with Crippen LogP contribution in [0.5, 0.6) is 0 Å². The van der Waals surface area contributed by atoms with Gasteiger partial charge in [0.1, 0.15) is 10.7 Å². The van der Waals surface area contributed by atoms with E-state index >= 15 is 0 Å². The molecule has 0 unspecified atom stereocenters. The molecule has 0 aliphatic carbocycles. The van der Waals surface area contributed by atoms with Gasteiger partial charge < -0.3 is 10.4 Å². The molecular formula is C14H11FN2O3S. The number of carboxylic acids is 1. The lowest BCUT2D eigenvalue weighted by molar-refractivity contribution is -0.131. The Bertz CT molecular complexity index is 725. The number of aryl methyl sites for hydroxylation is 1. The van der Waals surface area contributed by atoms with Gasteiger partial charge in [0.05, 0.1) is 11.2 Å².